The van der Waals surface area contributed by atoms with Gasteiger partial charge in [0.1, 0.15) is 0 Å². The van der Waals surface area contributed by atoms with Crippen LogP contribution in [0.15, 0.2) is 24.3 Å². The van der Waals surface area contributed by atoms with Crippen molar-refractivity contribution in [2.45, 2.75) is 110 Å². The summed E-state index contributed by atoms with van der Waals surface area (Å²) >= 11 is 0. The molecule has 2 unspecified atom stereocenters. The van der Waals surface area contributed by atoms with Crippen LogP contribution in [0.1, 0.15) is 108 Å². The molecule has 0 N–H and O–H groups in total. The van der Waals surface area contributed by atoms with Crippen molar-refractivity contribution in [3.63, 3.8) is 0 Å². The molecule has 4 nitrogen and oxygen atoms in total. The van der Waals surface area contributed by atoms with Gasteiger partial charge in [0.25, 0.3) is 0 Å². The van der Waals surface area contributed by atoms with E-state index in [1.165, 1.54) is 62.5 Å². The van der Waals surface area contributed by atoms with Crippen LogP contribution in [-0.2, 0) is 25.4 Å². The smallest absolute Gasteiger partial charge is 0.311 e. The van der Waals surface area contributed by atoms with Crippen LogP contribution in [0.2, 0.25) is 0 Å². The van der Waals surface area contributed by atoms with E-state index >= 15 is 0 Å². The Morgan fingerprint density at radius 2 is 1.82 bits per heavy atom. The average Bonchev–Trinajstić information content (AvgIpc) is 2.86. The maximum absolute atomic E-state index is 12.5. The van der Waals surface area contributed by atoms with Crippen molar-refractivity contribution >= 4 is 5.97 Å². The van der Waals surface area contributed by atoms with E-state index in [0.29, 0.717) is 13.2 Å². The molecule has 1 saturated heterocycles. The van der Waals surface area contributed by atoms with E-state index in [4.69, 9.17) is 14.2 Å². The topological polar surface area (TPSA) is 44.8 Å². The zero-order chi connectivity index (χ0) is 23.3. The van der Waals surface area contributed by atoms with Gasteiger partial charge in [-0.2, -0.15) is 0 Å². The molecule has 1 aromatic carbocycles. The van der Waals surface area contributed by atoms with Crippen molar-refractivity contribution < 1.29 is 19.0 Å². The fraction of sp³-hybridized carbons (Fsp3) is 0.759. The molecule has 1 saturated carbocycles. The van der Waals surface area contributed by atoms with Crippen LogP contribution >= 0.6 is 0 Å². The lowest BCUT2D eigenvalue weighted by Crippen LogP contribution is -2.29. The van der Waals surface area contributed by atoms with Gasteiger partial charge in [0.2, 0.25) is 0 Å². The maximum Gasteiger partial charge on any atom is 0.311 e. The van der Waals surface area contributed by atoms with Crippen LogP contribution in [0.5, 0.6) is 0 Å². The Morgan fingerprint density at radius 1 is 1.03 bits per heavy atom. The zero-order valence-corrected chi connectivity index (χ0v) is 21.1. The number of carbonyl (C=O) groups excluding carboxylic acids is 1. The third kappa shape index (κ3) is 9.05. The van der Waals surface area contributed by atoms with Crippen LogP contribution in [0.25, 0.3) is 0 Å². The molecule has 186 valence electrons. The minimum atomic E-state index is -0.238. The van der Waals surface area contributed by atoms with Crippen LogP contribution in [0, 0.1) is 11.8 Å². The van der Waals surface area contributed by atoms with Gasteiger partial charge in [-0.25, -0.2) is 0 Å². The summed E-state index contributed by atoms with van der Waals surface area (Å²) in [5.41, 5.74) is 2.78. The van der Waals surface area contributed by atoms with E-state index in [-0.39, 0.29) is 18.2 Å². The fourth-order valence-electron chi connectivity index (χ4n) is 5.36. The van der Waals surface area contributed by atoms with E-state index < -0.39 is 0 Å². The highest BCUT2D eigenvalue weighted by molar-refractivity contribution is 5.72. The monoisotopic (exact) mass is 458 g/mol. The molecule has 1 aliphatic carbocycles. The van der Waals surface area contributed by atoms with Crippen molar-refractivity contribution in [2.75, 3.05) is 19.8 Å². The van der Waals surface area contributed by atoms with Gasteiger partial charge in [-0.1, -0.05) is 56.9 Å². The summed E-state index contributed by atoms with van der Waals surface area (Å²) in [4.78, 5) is 12.5. The summed E-state index contributed by atoms with van der Waals surface area (Å²) in [6.07, 6.45) is 15.6. The van der Waals surface area contributed by atoms with Crippen LogP contribution < -0.4 is 0 Å². The number of rotatable bonds is 13. The Balaban J connectivity index is 1.44. The minimum absolute atomic E-state index is 0.152. The molecule has 0 radical (unpaired) electrons. The maximum atomic E-state index is 12.5. The van der Waals surface area contributed by atoms with Crippen molar-refractivity contribution in [1.29, 1.82) is 0 Å². The van der Waals surface area contributed by atoms with Crippen molar-refractivity contribution in [2.24, 2.45) is 11.8 Å². The minimum Gasteiger partial charge on any atom is -0.466 e. The first kappa shape index (κ1) is 26.2. The number of hydrogen-bond acceptors (Lipinski definition) is 4. The summed E-state index contributed by atoms with van der Waals surface area (Å²) < 4.78 is 16.9. The molecule has 33 heavy (non-hydrogen) atoms. The fourth-order valence-corrected chi connectivity index (χ4v) is 5.36. The first-order valence-corrected chi connectivity index (χ1v) is 13.7. The first-order chi connectivity index (χ1) is 16.2. The van der Waals surface area contributed by atoms with E-state index in [9.17, 15) is 4.79 Å². The molecule has 0 aromatic heterocycles. The highest BCUT2D eigenvalue weighted by Crippen LogP contribution is 2.37. The third-order valence-electron chi connectivity index (χ3n) is 7.54. The molecule has 0 spiro atoms. The molecule has 0 amide bonds. The van der Waals surface area contributed by atoms with Gasteiger partial charge in [-0.15, -0.1) is 0 Å². The van der Waals surface area contributed by atoms with Gasteiger partial charge in [0.05, 0.1) is 19.1 Å². The standard InChI is InChI=1S/C29H46O4/c1-3-5-6-9-23-11-16-25(17-12-23)26-18-13-24(14-19-26)15-20-27(29(30)31-4-2)22-33-28-10-7-8-21-32-28/h13-14,18-19,23,25,27-28H,3-12,15-17,20-22H2,1-2H3. The molecule has 1 aromatic rings. The quantitative estimate of drug-likeness (QED) is 0.232. The van der Waals surface area contributed by atoms with Crippen LogP contribution in [0.4, 0.5) is 0 Å². The number of esters is 1. The van der Waals surface area contributed by atoms with Crippen LogP contribution in [-0.4, -0.2) is 32.1 Å². The summed E-state index contributed by atoms with van der Waals surface area (Å²) in [5.74, 6) is 1.28. The number of aryl methyl sites for hydroxylation is 1. The van der Waals surface area contributed by atoms with Crippen molar-refractivity contribution in [3.05, 3.63) is 35.4 Å². The lowest BCUT2D eigenvalue weighted by atomic mass is 9.77. The largest absolute Gasteiger partial charge is 0.466 e. The third-order valence-corrected chi connectivity index (χ3v) is 7.54. The van der Waals surface area contributed by atoms with E-state index in [0.717, 1.165) is 50.5 Å². The number of benzene rings is 1. The summed E-state index contributed by atoms with van der Waals surface area (Å²) in [6.45, 7) is 5.69. The molecular weight excluding hydrogens is 412 g/mol. The molecule has 0 bridgehead atoms. The molecular formula is C29H46O4. The summed E-state index contributed by atoms with van der Waals surface area (Å²) in [6, 6.07) is 9.16. The van der Waals surface area contributed by atoms with Gasteiger partial charge >= 0.3 is 5.97 Å². The first-order valence-electron chi connectivity index (χ1n) is 13.7. The highest BCUT2D eigenvalue weighted by atomic mass is 16.7. The molecule has 1 aliphatic heterocycles. The Kier molecular flexibility index (Phi) is 11.7. The molecule has 2 atom stereocenters. The van der Waals surface area contributed by atoms with Gasteiger partial charge in [0, 0.05) is 6.61 Å². The van der Waals surface area contributed by atoms with E-state index in [2.05, 4.69) is 31.2 Å². The Morgan fingerprint density at radius 3 is 2.48 bits per heavy atom. The second kappa shape index (κ2) is 14.8. The highest BCUT2D eigenvalue weighted by Gasteiger charge is 2.24. The van der Waals surface area contributed by atoms with Gasteiger partial charge in [-0.05, 0) is 87.7 Å². The molecule has 1 heterocycles. The Labute approximate surface area is 201 Å². The number of unbranched alkanes of at least 4 members (excludes halogenated alkanes) is 2. The van der Waals surface area contributed by atoms with Crippen molar-refractivity contribution in [3.8, 4) is 0 Å². The molecule has 2 fully saturated rings. The number of ether oxygens (including phenoxy) is 3. The normalized spacial score (nSPS) is 24.4. The zero-order valence-electron chi connectivity index (χ0n) is 21.1. The SMILES string of the molecule is CCCCCC1CCC(c2ccc(CCC(COC3CCCCO3)C(=O)OCC)cc2)CC1. The van der Waals surface area contributed by atoms with Gasteiger partial charge in [0.15, 0.2) is 6.29 Å². The predicted molar refractivity (Wildman–Crippen MR) is 133 cm³/mol. The number of hydrogen-bond donors (Lipinski definition) is 0. The molecule has 2 aliphatic rings. The van der Waals surface area contributed by atoms with Crippen molar-refractivity contribution in [1.82, 2.24) is 0 Å². The van der Waals surface area contributed by atoms with E-state index in [1.807, 2.05) is 6.92 Å². The summed E-state index contributed by atoms with van der Waals surface area (Å²) in [5, 5.41) is 0. The summed E-state index contributed by atoms with van der Waals surface area (Å²) in [7, 11) is 0. The van der Waals surface area contributed by atoms with Crippen LogP contribution in [0.3, 0.4) is 0 Å². The predicted octanol–water partition coefficient (Wildman–Crippen LogP) is 7.20. The van der Waals surface area contributed by atoms with Gasteiger partial charge < -0.3 is 14.2 Å². The Hall–Kier alpha value is -1.39. The second-order valence-electron chi connectivity index (χ2n) is 10.1. The Bertz CT molecular complexity index is 657. The van der Waals surface area contributed by atoms with E-state index in [1.54, 1.807) is 0 Å². The van der Waals surface area contributed by atoms with Gasteiger partial charge in [-0.3, -0.25) is 4.79 Å². The lowest BCUT2D eigenvalue weighted by molar-refractivity contribution is -0.178. The second-order valence-corrected chi connectivity index (χ2v) is 10.1. The molecule has 4 heteroatoms. The average molecular weight is 459 g/mol. The lowest BCUT2D eigenvalue weighted by Gasteiger charge is -2.29. The molecule has 3 rings (SSSR count). The number of carbonyl (C=O) groups is 1.